The third-order valence-electron chi connectivity index (χ3n) is 3.73. The monoisotopic (exact) mass is 311 g/mol. The van der Waals surface area contributed by atoms with E-state index in [2.05, 4.69) is 5.32 Å². The summed E-state index contributed by atoms with van der Waals surface area (Å²) < 4.78 is 0. The third kappa shape index (κ3) is 5.58. The van der Waals surface area contributed by atoms with Crippen LogP contribution in [0.2, 0.25) is 0 Å². The zero-order valence-corrected chi connectivity index (χ0v) is 13.2. The summed E-state index contributed by atoms with van der Waals surface area (Å²) in [6, 6.07) is 17.3. The first-order valence-corrected chi connectivity index (χ1v) is 7.70. The van der Waals surface area contributed by atoms with Gasteiger partial charge in [0.15, 0.2) is 0 Å². The zero-order chi connectivity index (χ0) is 16.7. The molecule has 0 radical (unpaired) electrons. The Bertz CT molecular complexity index is 650. The summed E-state index contributed by atoms with van der Waals surface area (Å²) in [7, 11) is 0. The first kappa shape index (κ1) is 16.7. The summed E-state index contributed by atoms with van der Waals surface area (Å²) in [5.74, 6) is -0.678. The second-order valence-electron chi connectivity index (χ2n) is 5.65. The van der Waals surface area contributed by atoms with Crippen LogP contribution in [0.5, 0.6) is 0 Å². The van der Waals surface area contributed by atoms with Crippen LogP contribution in [0.1, 0.15) is 36.8 Å². The Labute approximate surface area is 136 Å². The number of hydrogen-bond donors (Lipinski definition) is 2. The Hall–Kier alpha value is -2.62. The lowest BCUT2D eigenvalue weighted by molar-refractivity contribution is -0.137. The molecule has 0 aliphatic carbocycles. The number of benzene rings is 2. The molecule has 1 unspecified atom stereocenters. The highest BCUT2D eigenvalue weighted by molar-refractivity contribution is 5.91. The highest BCUT2D eigenvalue weighted by Gasteiger charge is 2.11. The molecular formula is C19H21NO3. The van der Waals surface area contributed by atoms with Crippen LogP contribution < -0.4 is 5.32 Å². The fraction of sp³-hybridized carbons (Fsp3) is 0.263. The van der Waals surface area contributed by atoms with Gasteiger partial charge in [-0.15, -0.1) is 0 Å². The lowest BCUT2D eigenvalue weighted by Crippen LogP contribution is -2.14. The molecule has 120 valence electrons. The van der Waals surface area contributed by atoms with Crippen molar-refractivity contribution < 1.29 is 14.7 Å². The van der Waals surface area contributed by atoms with Crippen LogP contribution in [0, 0.1) is 0 Å². The highest BCUT2D eigenvalue weighted by Crippen LogP contribution is 2.19. The van der Waals surface area contributed by atoms with E-state index in [1.54, 1.807) is 0 Å². The van der Waals surface area contributed by atoms with Crippen molar-refractivity contribution >= 4 is 17.6 Å². The number of rotatable bonds is 7. The van der Waals surface area contributed by atoms with Gasteiger partial charge in [-0.3, -0.25) is 9.59 Å². The lowest BCUT2D eigenvalue weighted by atomic mass is 9.97. The number of hydrogen-bond acceptors (Lipinski definition) is 2. The van der Waals surface area contributed by atoms with Crippen LogP contribution in [0.3, 0.4) is 0 Å². The van der Waals surface area contributed by atoms with E-state index in [4.69, 9.17) is 5.11 Å². The van der Waals surface area contributed by atoms with Crippen molar-refractivity contribution in [1.29, 1.82) is 0 Å². The SMILES string of the molecule is CC(CC(=O)Nc1ccc(CCC(=O)O)cc1)c1ccccc1. The van der Waals surface area contributed by atoms with Crippen molar-refractivity contribution in [3.8, 4) is 0 Å². The van der Waals surface area contributed by atoms with Gasteiger partial charge in [-0.25, -0.2) is 0 Å². The van der Waals surface area contributed by atoms with E-state index in [1.807, 2.05) is 61.5 Å². The highest BCUT2D eigenvalue weighted by atomic mass is 16.4. The molecule has 1 amide bonds. The molecule has 2 rings (SSSR count). The van der Waals surface area contributed by atoms with Gasteiger partial charge in [-0.05, 0) is 35.6 Å². The molecule has 2 N–H and O–H groups in total. The predicted molar refractivity (Wildman–Crippen MR) is 90.5 cm³/mol. The number of carbonyl (C=O) groups is 2. The number of carbonyl (C=O) groups excluding carboxylic acids is 1. The van der Waals surface area contributed by atoms with E-state index in [0.29, 0.717) is 12.8 Å². The van der Waals surface area contributed by atoms with Gasteiger partial charge in [0.05, 0.1) is 0 Å². The molecule has 23 heavy (non-hydrogen) atoms. The number of nitrogens with one attached hydrogen (secondary N) is 1. The molecular weight excluding hydrogens is 290 g/mol. The zero-order valence-electron chi connectivity index (χ0n) is 13.2. The molecule has 2 aromatic rings. The quantitative estimate of drug-likeness (QED) is 0.816. The Morgan fingerprint density at radius 2 is 1.70 bits per heavy atom. The Kier molecular flexibility index (Phi) is 5.92. The van der Waals surface area contributed by atoms with E-state index < -0.39 is 5.97 Å². The van der Waals surface area contributed by atoms with Crippen LogP contribution in [0.15, 0.2) is 54.6 Å². The fourth-order valence-electron chi connectivity index (χ4n) is 2.40. The number of carboxylic acid groups (broad SMARTS) is 1. The number of aliphatic carboxylic acids is 1. The molecule has 2 aromatic carbocycles. The predicted octanol–water partition coefficient (Wildman–Crippen LogP) is 3.84. The molecule has 0 spiro atoms. The van der Waals surface area contributed by atoms with Crippen molar-refractivity contribution in [2.24, 2.45) is 0 Å². The summed E-state index contributed by atoms with van der Waals surface area (Å²) in [5.41, 5.74) is 2.82. The standard InChI is InChI=1S/C19H21NO3/c1-14(16-5-3-2-4-6-16)13-18(21)20-17-10-7-15(8-11-17)9-12-19(22)23/h2-8,10-11,14H,9,12-13H2,1H3,(H,20,21)(H,22,23). The maximum atomic E-state index is 12.1. The van der Waals surface area contributed by atoms with Crippen LogP contribution in [-0.4, -0.2) is 17.0 Å². The Morgan fingerprint density at radius 3 is 2.30 bits per heavy atom. The van der Waals surface area contributed by atoms with Crippen LogP contribution in [0.4, 0.5) is 5.69 Å². The first-order valence-electron chi connectivity index (χ1n) is 7.70. The van der Waals surface area contributed by atoms with Crippen molar-refractivity contribution in [2.45, 2.75) is 32.1 Å². The van der Waals surface area contributed by atoms with Crippen molar-refractivity contribution in [2.75, 3.05) is 5.32 Å². The molecule has 1 atom stereocenters. The van der Waals surface area contributed by atoms with Gasteiger partial charge in [-0.2, -0.15) is 0 Å². The first-order chi connectivity index (χ1) is 11.0. The average molecular weight is 311 g/mol. The van der Waals surface area contributed by atoms with E-state index in [0.717, 1.165) is 16.8 Å². The van der Waals surface area contributed by atoms with Gasteiger partial charge in [0.2, 0.25) is 5.91 Å². The largest absolute Gasteiger partial charge is 0.481 e. The van der Waals surface area contributed by atoms with Crippen molar-refractivity contribution in [3.63, 3.8) is 0 Å². The number of amides is 1. The van der Waals surface area contributed by atoms with Gasteiger partial charge in [-0.1, -0.05) is 49.4 Å². The van der Waals surface area contributed by atoms with E-state index in [-0.39, 0.29) is 18.2 Å². The number of aryl methyl sites for hydroxylation is 1. The number of carboxylic acids is 1. The van der Waals surface area contributed by atoms with E-state index in [9.17, 15) is 9.59 Å². The molecule has 0 aliphatic heterocycles. The molecule has 4 heteroatoms. The fourth-order valence-corrected chi connectivity index (χ4v) is 2.40. The third-order valence-corrected chi connectivity index (χ3v) is 3.73. The molecule has 0 bridgehead atoms. The molecule has 0 saturated heterocycles. The van der Waals surface area contributed by atoms with Crippen molar-refractivity contribution in [3.05, 3.63) is 65.7 Å². The summed E-state index contributed by atoms with van der Waals surface area (Å²) in [6.07, 6.45) is 1.03. The van der Waals surface area contributed by atoms with Gasteiger partial charge < -0.3 is 10.4 Å². The second-order valence-corrected chi connectivity index (χ2v) is 5.65. The maximum Gasteiger partial charge on any atom is 0.303 e. The lowest BCUT2D eigenvalue weighted by Gasteiger charge is -2.12. The Balaban J connectivity index is 1.86. The molecule has 4 nitrogen and oxygen atoms in total. The molecule has 0 aromatic heterocycles. The molecule has 0 saturated carbocycles. The topological polar surface area (TPSA) is 66.4 Å². The van der Waals surface area contributed by atoms with Crippen LogP contribution in [-0.2, 0) is 16.0 Å². The minimum atomic E-state index is -0.808. The summed E-state index contributed by atoms with van der Waals surface area (Å²) in [5, 5.41) is 11.5. The normalized spacial score (nSPS) is 11.7. The second kappa shape index (κ2) is 8.13. The number of anilines is 1. The van der Waals surface area contributed by atoms with Crippen molar-refractivity contribution in [1.82, 2.24) is 0 Å². The summed E-state index contributed by atoms with van der Waals surface area (Å²) >= 11 is 0. The summed E-state index contributed by atoms with van der Waals surface area (Å²) in [4.78, 5) is 22.7. The summed E-state index contributed by atoms with van der Waals surface area (Å²) in [6.45, 7) is 2.03. The maximum absolute atomic E-state index is 12.1. The average Bonchev–Trinajstić information content (AvgIpc) is 2.55. The van der Waals surface area contributed by atoms with Gasteiger partial charge >= 0.3 is 5.97 Å². The van der Waals surface area contributed by atoms with Gasteiger partial charge in [0.25, 0.3) is 0 Å². The van der Waals surface area contributed by atoms with Crippen LogP contribution in [0.25, 0.3) is 0 Å². The van der Waals surface area contributed by atoms with Gasteiger partial charge in [0.1, 0.15) is 0 Å². The Morgan fingerprint density at radius 1 is 1.04 bits per heavy atom. The molecule has 0 heterocycles. The van der Waals surface area contributed by atoms with E-state index in [1.165, 1.54) is 0 Å². The van der Waals surface area contributed by atoms with Gasteiger partial charge in [0, 0.05) is 18.5 Å². The molecule has 0 fully saturated rings. The smallest absolute Gasteiger partial charge is 0.303 e. The minimum absolute atomic E-state index is 0.0281. The van der Waals surface area contributed by atoms with Crippen LogP contribution >= 0.6 is 0 Å². The minimum Gasteiger partial charge on any atom is -0.481 e. The molecule has 0 aliphatic rings. The van der Waals surface area contributed by atoms with E-state index >= 15 is 0 Å².